The third-order valence-electron chi connectivity index (χ3n) is 5.07. The molecule has 0 saturated carbocycles. The van der Waals surface area contributed by atoms with Crippen LogP contribution in [0.5, 0.6) is 0 Å². The summed E-state index contributed by atoms with van der Waals surface area (Å²) in [5.41, 5.74) is 3.57. The zero-order valence-electron chi connectivity index (χ0n) is 15.4. The number of benzene rings is 1. The van der Waals surface area contributed by atoms with Gasteiger partial charge >= 0.3 is 0 Å². The third kappa shape index (κ3) is 4.60. The minimum absolute atomic E-state index is 0.0597. The molecule has 0 aromatic heterocycles. The number of rotatable bonds is 4. The molecule has 5 heteroatoms. The first-order valence-corrected chi connectivity index (χ1v) is 9.46. The van der Waals surface area contributed by atoms with Crippen LogP contribution in [0.25, 0.3) is 0 Å². The molecule has 25 heavy (non-hydrogen) atoms. The van der Waals surface area contributed by atoms with Gasteiger partial charge in [-0.2, -0.15) is 0 Å². The average Bonchev–Trinajstić information content (AvgIpc) is 2.60. The second kappa shape index (κ2) is 8.00. The van der Waals surface area contributed by atoms with Crippen molar-refractivity contribution in [3.05, 3.63) is 34.9 Å². The number of hydrogen-bond donors (Lipinski definition) is 1. The Labute approximate surface area is 150 Å². The van der Waals surface area contributed by atoms with Gasteiger partial charge in [0.05, 0.1) is 6.54 Å². The van der Waals surface area contributed by atoms with E-state index in [1.165, 1.54) is 24.0 Å². The van der Waals surface area contributed by atoms with Gasteiger partial charge in [0.25, 0.3) is 5.91 Å². The smallest absolute Gasteiger partial charge is 0.253 e. The van der Waals surface area contributed by atoms with Crippen molar-refractivity contribution >= 4 is 11.8 Å². The maximum absolute atomic E-state index is 12.8. The van der Waals surface area contributed by atoms with Gasteiger partial charge < -0.3 is 10.2 Å². The Bertz CT molecular complexity index is 634. The Morgan fingerprint density at radius 1 is 1.04 bits per heavy atom. The van der Waals surface area contributed by atoms with E-state index in [0.29, 0.717) is 19.6 Å². The quantitative estimate of drug-likeness (QED) is 0.908. The van der Waals surface area contributed by atoms with Gasteiger partial charge in [-0.25, -0.2) is 0 Å². The van der Waals surface area contributed by atoms with Crippen LogP contribution in [0.15, 0.2) is 18.2 Å². The molecule has 1 aromatic rings. The van der Waals surface area contributed by atoms with E-state index in [0.717, 1.165) is 31.5 Å². The van der Waals surface area contributed by atoms with E-state index >= 15 is 0 Å². The number of piperazine rings is 1. The van der Waals surface area contributed by atoms with Gasteiger partial charge in [-0.1, -0.05) is 6.07 Å². The second-order valence-electron chi connectivity index (χ2n) is 7.48. The molecule has 1 heterocycles. The van der Waals surface area contributed by atoms with Crippen LogP contribution in [-0.2, 0) is 17.6 Å². The molecular weight excluding hydrogens is 314 g/mol. The van der Waals surface area contributed by atoms with E-state index in [9.17, 15) is 9.59 Å². The van der Waals surface area contributed by atoms with E-state index in [1.807, 2.05) is 24.8 Å². The molecule has 1 saturated heterocycles. The Kier molecular flexibility index (Phi) is 5.74. The van der Waals surface area contributed by atoms with Crippen LogP contribution >= 0.6 is 0 Å². The zero-order chi connectivity index (χ0) is 17.8. The lowest BCUT2D eigenvalue weighted by Gasteiger charge is -2.34. The van der Waals surface area contributed by atoms with Crippen molar-refractivity contribution < 1.29 is 9.59 Å². The van der Waals surface area contributed by atoms with Crippen molar-refractivity contribution in [1.29, 1.82) is 0 Å². The monoisotopic (exact) mass is 343 g/mol. The van der Waals surface area contributed by atoms with Crippen LogP contribution in [0.3, 0.4) is 0 Å². The molecule has 0 atom stereocenters. The van der Waals surface area contributed by atoms with Crippen LogP contribution < -0.4 is 5.32 Å². The molecule has 1 aliphatic heterocycles. The van der Waals surface area contributed by atoms with Gasteiger partial charge in [0, 0.05) is 37.8 Å². The molecule has 5 nitrogen and oxygen atoms in total. The molecule has 0 bridgehead atoms. The molecule has 1 N–H and O–H groups in total. The predicted molar refractivity (Wildman–Crippen MR) is 98.7 cm³/mol. The zero-order valence-corrected chi connectivity index (χ0v) is 15.4. The highest BCUT2D eigenvalue weighted by Gasteiger charge is 2.24. The fourth-order valence-electron chi connectivity index (χ4n) is 3.73. The van der Waals surface area contributed by atoms with Gasteiger partial charge in [0.1, 0.15) is 0 Å². The highest BCUT2D eigenvalue weighted by atomic mass is 16.2. The highest BCUT2D eigenvalue weighted by Crippen LogP contribution is 2.23. The largest absolute Gasteiger partial charge is 0.353 e. The number of nitrogens with zero attached hydrogens (tertiary/aromatic N) is 2. The normalized spacial score (nSPS) is 18.1. The minimum atomic E-state index is 0.0597. The SMILES string of the molecule is CC(C)NC(=O)CN1CCN(C(=O)c2ccc3c(c2)CCCC3)CC1. The summed E-state index contributed by atoms with van der Waals surface area (Å²) in [5, 5.41) is 2.92. The number of aryl methyl sites for hydroxylation is 2. The number of nitrogens with one attached hydrogen (secondary N) is 1. The molecule has 1 fully saturated rings. The van der Waals surface area contributed by atoms with Gasteiger partial charge in [0.2, 0.25) is 5.91 Å². The van der Waals surface area contributed by atoms with E-state index < -0.39 is 0 Å². The summed E-state index contributed by atoms with van der Waals surface area (Å²) in [6.07, 6.45) is 4.71. The average molecular weight is 343 g/mol. The van der Waals surface area contributed by atoms with Crippen LogP contribution in [0.4, 0.5) is 0 Å². The second-order valence-corrected chi connectivity index (χ2v) is 7.48. The first kappa shape index (κ1) is 17.9. The van der Waals surface area contributed by atoms with Gasteiger partial charge in [0.15, 0.2) is 0 Å². The van der Waals surface area contributed by atoms with E-state index in [-0.39, 0.29) is 17.9 Å². The fourth-order valence-corrected chi connectivity index (χ4v) is 3.73. The van der Waals surface area contributed by atoms with Crippen LogP contribution in [0.1, 0.15) is 48.2 Å². The summed E-state index contributed by atoms with van der Waals surface area (Å²) in [4.78, 5) is 28.7. The molecule has 2 amide bonds. The predicted octanol–water partition coefficient (Wildman–Crippen LogP) is 1.85. The summed E-state index contributed by atoms with van der Waals surface area (Å²) < 4.78 is 0. The summed E-state index contributed by atoms with van der Waals surface area (Å²) in [5.74, 6) is 0.184. The van der Waals surface area contributed by atoms with Gasteiger partial charge in [-0.3, -0.25) is 14.5 Å². The molecular formula is C20H29N3O2. The van der Waals surface area contributed by atoms with Crippen molar-refractivity contribution in [3.8, 4) is 0 Å². The maximum atomic E-state index is 12.8. The molecule has 1 aromatic carbocycles. The van der Waals surface area contributed by atoms with Crippen LogP contribution in [0.2, 0.25) is 0 Å². The first-order chi connectivity index (χ1) is 12.0. The lowest BCUT2D eigenvalue weighted by Crippen LogP contribution is -2.51. The van der Waals surface area contributed by atoms with E-state index in [1.54, 1.807) is 0 Å². The molecule has 136 valence electrons. The summed E-state index contributed by atoms with van der Waals surface area (Å²) in [6.45, 7) is 7.22. The van der Waals surface area contributed by atoms with Crippen LogP contribution in [0, 0.1) is 0 Å². The van der Waals surface area contributed by atoms with Crippen molar-refractivity contribution in [2.45, 2.75) is 45.6 Å². The highest BCUT2D eigenvalue weighted by molar-refractivity contribution is 5.94. The lowest BCUT2D eigenvalue weighted by atomic mass is 9.90. The number of carbonyl (C=O) groups excluding carboxylic acids is 2. The number of fused-ring (bicyclic) bond motifs is 1. The van der Waals surface area contributed by atoms with E-state index in [2.05, 4.69) is 22.3 Å². The summed E-state index contributed by atoms with van der Waals surface area (Å²) >= 11 is 0. The Morgan fingerprint density at radius 2 is 1.72 bits per heavy atom. The molecule has 1 aliphatic carbocycles. The number of carbonyl (C=O) groups is 2. The fraction of sp³-hybridized carbons (Fsp3) is 0.600. The Hall–Kier alpha value is -1.88. The lowest BCUT2D eigenvalue weighted by molar-refractivity contribution is -0.123. The standard InChI is InChI=1S/C20H29N3O2/c1-15(2)21-19(24)14-22-9-11-23(12-10-22)20(25)18-8-7-16-5-3-4-6-17(16)13-18/h7-8,13,15H,3-6,9-12,14H2,1-2H3,(H,21,24). The van der Waals surface area contributed by atoms with Crippen molar-refractivity contribution in [2.75, 3.05) is 32.7 Å². The summed E-state index contributed by atoms with van der Waals surface area (Å²) in [7, 11) is 0. The molecule has 0 radical (unpaired) electrons. The summed E-state index contributed by atoms with van der Waals surface area (Å²) in [6, 6.07) is 6.38. The van der Waals surface area contributed by atoms with Gasteiger partial charge in [-0.15, -0.1) is 0 Å². The molecule has 0 spiro atoms. The third-order valence-corrected chi connectivity index (χ3v) is 5.07. The Morgan fingerprint density at radius 3 is 2.40 bits per heavy atom. The molecule has 2 aliphatic rings. The van der Waals surface area contributed by atoms with Crippen LogP contribution in [-0.4, -0.2) is 60.4 Å². The Balaban J connectivity index is 1.54. The topological polar surface area (TPSA) is 52.7 Å². The van der Waals surface area contributed by atoms with Crippen molar-refractivity contribution in [2.24, 2.45) is 0 Å². The van der Waals surface area contributed by atoms with E-state index in [4.69, 9.17) is 0 Å². The van der Waals surface area contributed by atoms with Gasteiger partial charge in [-0.05, 0) is 62.8 Å². The number of amides is 2. The maximum Gasteiger partial charge on any atom is 0.253 e. The number of hydrogen-bond acceptors (Lipinski definition) is 3. The molecule has 3 rings (SSSR count). The van der Waals surface area contributed by atoms with Crippen molar-refractivity contribution in [1.82, 2.24) is 15.1 Å². The molecule has 0 unspecified atom stereocenters. The van der Waals surface area contributed by atoms with Crippen molar-refractivity contribution in [3.63, 3.8) is 0 Å². The first-order valence-electron chi connectivity index (χ1n) is 9.46. The minimum Gasteiger partial charge on any atom is -0.353 e.